The molecule has 4 nitrogen and oxygen atoms in total. The third kappa shape index (κ3) is 0.935. The Morgan fingerprint density at radius 2 is 2.40 bits per heavy atom. The molecule has 2 aliphatic heterocycles. The van der Waals surface area contributed by atoms with E-state index in [1.54, 1.807) is 0 Å². The van der Waals surface area contributed by atoms with E-state index < -0.39 is 10.5 Å². The summed E-state index contributed by atoms with van der Waals surface area (Å²) in [7, 11) is 1.42. The minimum atomic E-state index is -0.828. The minimum absolute atomic E-state index is 0.121. The van der Waals surface area contributed by atoms with Gasteiger partial charge in [0, 0.05) is 6.54 Å². The summed E-state index contributed by atoms with van der Waals surface area (Å²) in [6, 6.07) is 0.121. The van der Waals surface area contributed by atoms with E-state index >= 15 is 0 Å². The van der Waals surface area contributed by atoms with E-state index in [2.05, 4.69) is 0 Å². The highest BCUT2D eigenvalue weighted by Crippen LogP contribution is 2.65. The zero-order chi connectivity index (χ0) is 10.7. The summed E-state index contributed by atoms with van der Waals surface area (Å²) in [5, 5.41) is 1.06. The Labute approximate surface area is 93.4 Å². The van der Waals surface area contributed by atoms with Crippen LogP contribution in [0.5, 0.6) is 0 Å². The summed E-state index contributed by atoms with van der Waals surface area (Å²) in [6.07, 6.45) is 3.56. The molecule has 0 spiro atoms. The average molecular weight is 232 g/mol. The largest absolute Gasteiger partial charge is 0.468 e. The number of methoxy groups -OCH3 is 1. The second kappa shape index (κ2) is 2.87. The van der Waals surface area contributed by atoms with E-state index in [0.29, 0.717) is 0 Å². The van der Waals surface area contributed by atoms with Crippen LogP contribution < -0.4 is 0 Å². The minimum Gasteiger partial charge on any atom is -0.468 e. The molecular formula is C10H14ClNO3. The molecule has 5 heteroatoms. The molecule has 3 atom stereocenters. The van der Waals surface area contributed by atoms with Gasteiger partial charge in [-0.1, -0.05) is 11.6 Å². The van der Waals surface area contributed by atoms with Crippen LogP contribution in [0.2, 0.25) is 0 Å². The number of carbonyl (C=O) groups is 1. The van der Waals surface area contributed by atoms with Crippen LogP contribution in [0.1, 0.15) is 25.7 Å². The number of halogens is 1. The molecule has 0 N–H and O–H groups in total. The molecule has 0 aromatic rings. The molecule has 0 aromatic carbocycles. The number of hydrogen-bond donors (Lipinski definition) is 0. The highest BCUT2D eigenvalue weighted by Gasteiger charge is 2.75. The van der Waals surface area contributed by atoms with Gasteiger partial charge in [0.05, 0.1) is 13.2 Å². The van der Waals surface area contributed by atoms with Gasteiger partial charge in [-0.2, -0.15) is 5.06 Å². The molecular weight excluding hydrogens is 218 g/mol. The fourth-order valence-electron chi connectivity index (χ4n) is 3.23. The molecule has 2 saturated heterocycles. The Balaban J connectivity index is 2.00. The summed E-state index contributed by atoms with van der Waals surface area (Å²) in [5.74, 6) is -0.210. The maximum atomic E-state index is 11.9. The Kier molecular flexibility index (Phi) is 1.89. The van der Waals surface area contributed by atoms with Crippen LogP contribution in [0.3, 0.4) is 0 Å². The van der Waals surface area contributed by atoms with Crippen LogP contribution in [-0.2, 0) is 14.4 Å². The fraction of sp³-hybridized carbons (Fsp3) is 0.900. The lowest BCUT2D eigenvalue weighted by atomic mass is 9.61. The Hall–Kier alpha value is -0.320. The number of fused-ring (bicyclic) bond motifs is 3. The summed E-state index contributed by atoms with van der Waals surface area (Å²) >= 11 is 6.37. The maximum absolute atomic E-state index is 11.9. The van der Waals surface area contributed by atoms with Crippen molar-refractivity contribution in [2.24, 2.45) is 5.41 Å². The highest BCUT2D eigenvalue weighted by atomic mass is 35.5. The van der Waals surface area contributed by atoms with E-state index in [9.17, 15) is 4.79 Å². The van der Waals surface area contributed by atoms with Crippen molar-refractivity contribution >= 4 is 17.6 Å². The molecule has 0 bridgehead atoms. The average Bonchev–Trinajstić information content (AvgIpc) is 2.70. The first-order chi connectivity index (χ1) is 7.14. The first-order valence-electron chi connectivity index (χ1n) is 5.37. The van der Waals surface area contributed by atoms with Crippen LogP contribution >= 0.6 is 11.6 Å². The van der Waals surface area contributed by atoms with Crippen molar-refractivity contribution in [2.45, 2.75) is 36.8 Å². The van der Waals surface area contributed by atoms with Gasteiger partial charge in [0.15, 0.2) is 5.06 Å². The molecule has 0 aromatic heterocycles. The standard InChI is InChI=1S/C10H14ClNO3/c1-14-8(13)9-4-5-10(9,11)15-12-6-2-3-7(9)12/h7H,2-6H2,1H3/t7-,9+,10+/m1/s1. The number of esters is 1. The number of hydrogen-bond acceptors (Lipinski definition) is 4. The van der Waals surface area contributed by atoms with Crippen molar-refractivity contribution in [3.8, 4) is 0 Å². The van der Waals surface area contributed by atoms with Crippen molar-refractivity contribution in [2.75, 3.05) is 13.7 Å². The van der Waals surface area contributed by atoms with E-state index in [1.165, 1.54) is 7.11 Å². The predicted octanol–water partition coefficient (Wildman–Crippen LogP) is 1.28. The molecule has 2 heterocycles. The Bertz CT molecular complexity index is 324. The van der Waals surface area contributed by atoms with Gasteiger partial charge >= 0.3 is 5.97 Å². The molecule has 15 heavy (non-hydrogen) atoms. The van der Waals surface area contributed by atoms with Crippen molar-refractivity contribution < 1.29 is 14.4 Å². The molecule has 0 radical (unpaired) electrons. The van der Waals surface area contributed by atoms with Gasteiger partial charge < -0.3 is 4.74 Å². The smallest absolute Gasteiger partial charge is 0.317 e. The SMILES string of the molecule is COC(=O)[C@@]12CC[C@]1(Cl)ON1CCC[C@@H]12. The van der Waals surface area contributed by atoms with E-state index in [0.717, 1.165) is 32.2 Å². The normalized spacial score (nSPS) is 48.3. The zero-order valence-corrected chi connectivity index (χ0v) is 9.42. The van der Waals surface area contributed by atoms with Gasteiger partial charge in [0.1, 0.15) is 5.41 Å². The van der Waals surface area contributed by atoms with Crippen molar-refractivity contribution in [3.63, 3.8) is 0 Å². The number of ether oxygens (including phenoxy) is 1. The molecule has 3 fully saturated rings. The predicted molar refractivity (Wildman–Crippen MR) is 53.1 cm³/mol. The number of nitrogens with zero attached hydrogens (tertiary/aromatic N) is 1. The number of alkyl halides is 1. The lowest BCUT2D eigenvalue weighted by Gasteiger charge is -2.47. The van der Waals surface area contributed by atoms with Gasteiger partial charge in [0.2, 0.25) is 0 Å². The fourth-order valence-corrected chi connectivity index (χ4v) is 3.71. The summed E-state index contributed by atoms with van der Waals surface area (Å²) in [5.41, 5.74) is -0.611. The quantitative estimate of drug-likeness (QED) is 0.504. The molecule has 1 aliphatic carbocycles. The Morgan fingerprint density at radius 3 is 3.00 bits per heavy atom. The van der Waals surface area contributed by atoms with Crippen LogP contribution in [0, 0.1) is 5.41 Å². The molecule has 1 saturated carbocycles. The van der Waals surface area contributed by atoms with E-state index in [1.807, 2.05) is 5.06 Å². The second-order valence-electron chi connectivity index (χ2n) is 4.58. The highest BCUT2D eigenvalue weighted by molar-refractivity contribution is 6.26. The number of carbonyl (C=O) groups excluding carboxylic acids is 1. The molecule has 84 valence electrons. The van der Waals surface area contributed by atoms with Crippen LogP contribution in [0.15, 0.2) is 0 Å². The first kappa shape index (κ1) is 9.87. The Morgan fingerprint density at radius 1 is 1.60 bits per heavy atom. The lowest BCUT2D eigenvalue weighted by molar-refractivity contribution is -0.199. The molecule has 3 rings (SSSR count). The third-order valence-corrected chi connectivity index (χ3v) is 4.69. The van der Waals surface area contributed by atoms with Gasteiger partial charge in [-0.15, -0.1) is 0 Å². The van der Waals surface area contributed by atoms with Crippen LogP contribution in [0.4, 0.5) is 0 Å². The van der Waals surface area contributed by atoms with Crippen LogP contribution in [0.25, 0.3) is 0 Å². The van der Waals surface area contributed by atoms with Crippen molar-refractivity contribution in [3.05, 3.63) is 0 Å². The molecule has 0 amide bonds. The molecule has 0 unspecified atom stereocenters. The van der Waals surface area contributed by atoms with Gasteiger partial charge in [0.25, 0.3) is 0 Å². The third-order valence-electron chi connectivity index (χ3n) is 4.09. The van der Waals surface area contributed by atoms with Gasteiger partial charge in [-0.05, 0) is 25.7 Å². The number of hydroxylamine groups is 2. The summed E-state index contributed by atoms with van der Waals surface area (Å²) in [6.45, 7) is 0.873. The van der Waals surface area contributed by atoms with E-state index in [4.69, 9.17) is 21.2 Å². The topological polar surface area (TPSA) is 38.8 Å². The van der Waals surface area contributed by atoms with E-state index in [-0.39, 0.29) is 12.0 Å². The monoisotopic (exact) mass is 231 g/mol. The van der Waals surface area contributed by atoms with Gasteiger partial charge in [-0.25, -0.2) is 0 Å². The summed E-state index contributed by atoms with van der Waals surface area (Å²) in [4.78, 5) is 17.6. The zero-order valence-electron chi connectivity index (χ0n) is 8.66. The molecule has 3 aliphatic rings. The summed E-state index contributed by atoms with van der Waals surface area (Å²) < 4.78 is 4.90. The van der Waals surface area contributed by atoms with Crippen molar-refractivity contribution in [1.29, 1.82) is 0 Å². The van der Waals surface area contributed by atoms with Crippen LogP contribution in [-0.4, -0.2) is 35.8 Å². The van der Waals surface area contributed by atoms with Crippen molar-refractivity contribution in [1.82, 2.24) is 5.06 Å². The lowest BCUT2D eigenvalue weighted by Crippen LogP contribution is -2.60. The second-order valence-corrected chi connectivity index (χ2v) is 5.19. The maximum Gasteiger partial charge on any atom is 0.317 e. The van der Waals surface area contributed by atoms with Gasteiger partial charge in [-0.3, -0.25) is 9.63 Å². The number of rotatable bonds is 1. The first-order valence-corrected chi connectivity index (χ1v) is 5.75.